The van der Waals surface area contributed by atoms with Gasteiger partial charge in [-0.25, -0.2) is 8.78 Å². The summed E-state index contributed by atoms with van der Waals surface area (Å²) in [6.45, 7) is 3.54. The summed E-state index contributed by atoms with van der Waals surface area (Å²) in [7, 11) is 0. The molecule has 3 aromatic carbocycles. The summed E-state index contributed by atoms with van der Waals surface area (Å²) in [6, 6.07) is 19.5. The van der Waals surface area contributed by atoms with E-state index in [2.05, 4.69) is 11.4 Å². The summed E-state index contributed by atoms with van der Waals surface area (Å²) in [6.07, 6.45) is -0.246. The molecule has 6 heteroatoms. The zero-order valence-electron chi connectivity index (χ0n) is 17.9. The van der Waals surface area contributed by atoms with Crippen LogP contribution in [0.2, 0.25) is 5.02 Å². The maximum Gasteiger partial charge on any atom is 0.126 e. The second-order valence-electron chi connectivity index (χ2n) is 8.05. The fourth-order valence-electron chi connectivity index (χ4n) is 3.96. The van der Waals surface area contributed by atoms with Crippen molar-refractivity contribution in [3.8, 4) is 6.07 Å². The van der Waals surface area contributed by atoms with E-state index in [0.29, 0.717) is 22.6 Å². The molecule has 32 heavy (non-hydrogen) atoms. The van der Waals surface area contributed by atoms with Crippen molar-refractivity contribution >= 4 is 11.6 Å². The average molecular weight is 455 g/mol. The maximum absolute atomic E-state index is 13.8. The summed E-state index contributed by atoms with van der Waals surface area (Å²) in [5, 5.41) is 23.7. The molecule has 0 aliphatic rings. The number of aliphatic hydroxyl groups is 1. The van der Waals surface area contributed by atoms with Crippen LogP contribution in [0.25, 0.3) is 0 Å². The topological polar surface area (TPSA) is 56.0 Å². The highest BCUT2D eigenvalue weighted by atomic mass is 35.5. The van der Waals surface area contributed by atoms with Crippen molar-refractivity contribution in [1.82, 2.24) is 5.32 Å². The number of hydrogen-bond donors (Lipinski definition) is 2. The van der Waals surface area contributed by atoms with Crippen molar-refractivity contribution in [3.05, 3.63) is 106 Å². The lowest BCUT2D eigenvalue weighted by molar-refractivity contribution is 0.136. The van der Waals surface area contributed by atoms with Crippen LogP contribution in [-0.2, 0) is 6.42 Å². The van der Waals surface area contributed by atoms with E-state index < -0.39 is 23.8 Å². The third kappa shape index (κ3) is 6.14. The van der Waals surface area contributed by atoms with E-state index in [0.717, 1.165) is 17.2 Å². The highest BCUT2D eigenvalue weighted by molar-refractivity contribution is 6.30. The molecule has 0 aliphatic heterocycles. The van der Waals surface area contributed by atoms with Gasteiger partial charge < -0.3 is 10.4 Å². The van der Waals surface area contributed by atoms with Gasteiger partial charge in [0.25, 0.3) is 0 Å². The highest BCUT2D eigenvalue weighted by Crippen LogP contribution is 2.29. The molecule has 3 nitrogen and oxygen atoms in total. The van der Waals surface area contributed by atoms with Crippen molar-refractivity contribution in [1.29, 1.82) is 5.26 Å². The highest BCUT2D eigenvalue weighted by Gasteiger charge is 2.26. The number of nitrogens with zero attached hydrogens (tertiary/aromatic N) is 1. The Labute approximate surface area is 192 Å². The first-order valence-corrected chi connectivity index (χ1v) is 10.8. The van der Waals surface area contributed by atoms with Gasteiger partial charge in [0, 0.05) is 23.0 Å². The maximum atomic E-state index is 13.8. The molecule has 3 aromatic rings. The molecule has 0 saturated carbocycles. The van der Waals surface area contributed by atoms with Gasteiger partial charge in [0.15, 0.2) is 0 Å². The van der Waals surface area contributed by atoms with Crippen LogP contribution in [-0.4, -0.2) is 17.3 Å². The van der Waals surface area contributed by atoms with Crippen LogP contribution < -0.4 is 5.32 Å². The Morgan fingerprint density at radius 3 is 2.22 bits per heavy atom. The van der Waals surface area contributed by atoms with E-state index in [-0.39, 0.29) is 12.0 Å². The molecular weight excluding hydrogens is 430 g/mol. The number of aliphatic hydroxyl groups excluding tert-OH is 1. The molecular formula is C26H25ClF2N2O. The molecule has 4 atom stereocenters. The van der Waals surface area contributed by atoms with Crippen molar-refractivity contribution in [3.63, 3.8) is 0 Å². The summed E-state index contributed by atoms with van der Waals surface area (Å²) < 4.78 is 27.7. The van der Waals surface area contributed by atoms with Crippen LogP contribution in [0.3, 0.4) is 0 Å². The van der Waals surface area contributed by atoms with Crippen LogP contribution in [0.4, 0.5) is 8.78 Å². The fourth-order valence-corrected chi connectivity index (χ4v) is 4.09. The molecule has 0 spiro atoms. The molecule has 2 N–H and O–H groups in total. The minimum absolute atomic E-state index is 0.0795. The molecule has 0 amide bonds. The first kappa shape index (κ1) is 23.9. The average Bonchev–Trinajstić information content (AvgIpc) is 2.76. The standard InChI is InChI=1S/C26H25ClF2N2O/c1-16(31-26(17(2)32)21-12-23(28)14-24(29)13-21)25(11-18-6-8-22(27)9-7-18)20-5-3-4-19(10-20)15-30/h3-10,12-14,16-17,25-26,31-32H,11H2,1-2H3/t16-,17-,25?,26?/m0/s1. The van der Waals surface area contributed by atoms with E-state index in [1.165, 1.54) is 12.1 Å². The lowest BCUT2D eigenvalue weighted by Gasteiger charge is -2.32. The Bertz CT molecular complexity index is 1080. The minimum atomic E-state index is -0.889. The number of rotatable bonds is 8. The molecule has 0 bridgehead atoms. The Morgan fingerprint density at radius 2 is 1.62 bits per heavy atom. The first-order valence-electron chi connectivity index (χ1n) is 10.4. The summed E-state index contributed by atoms with van der Waals surface area (Å²) in [4.78, 5) is 0. The van der Waals surface area contributed by atoms with Gasteiger partial charge in [-0.2, -0.15) is 5.26 Å². The van der Waals surface area contributed by atoms with Gasteiger partial charge in [-0.1, -0.05) is 35.9 Å². The molecule has 0 fully saturated rings. The molecule has 0 aliphatic carbocycles. The summed E-state index contributed by atoms with van der Waals surface area (Å²) in [5.74, 6) is -1.47. The first-order chi connectivity index (χ1) is 15.3. The molecule has 0 saturated heterocycles. The monoisotopic (exact) mass is 454 g/mol. The predicted octanol–water partition coefficient (Wildman–Crippen LogP) is 5.92. The van der Waals surface area contributed by atoms with E-state index >= 15 is 0 Å². The number of benzene rings is 3. The van der Waals surface area contributed by atoms with Crippen LogP contribution in [0, 0.1) is 23.0 Å². The number of halogens is 3. The third-order valence-corrected chi connectivity index (χ3v) is 5.84. The van der Waals surface area contributed by atoms with Crippen LogP contribution in [0.15, 0.2) is 66.7 Å². The lowest BCUT2D eigenvalue weighted by atomic mass is 9.85. The van der Waals surface area contributed by atoms with Crippen molar-refractivity contribution in [2.24, 2.45) is 0 Å². The minimum Gasteiger partial charge on any atom is -0.391 e. The van der Waals surface area contributed by atoms with E-state index in [9.17, 15) is 19.1 Å². The second kappa shape index (κ2) is 10.7. The van der Waals surface area contributed by atoms with Gasteiger partial charge >= 0.3 is 0 Å². The van der Waals surface area contributed by atoms with Gasteiger partial charge in [0.2, 0.25) is 0 Å². The summed E-state index contributed by atoms with van der Waals surface area (Å²) in [5.41, 5.74) is 2.89. The molecule has 0 radical (unpaired) electrons. The number of nitriles is 1. The quantitative estimate of drug-likeness (QED) is 0.444. The zero-order valence-corrected chi connectivity index (χ0v) is 18.7. The van der Waals surface area contributed by atoms with Gasteiger partial charge in [0.1, 0.15) is 11.6 Å². The van der Waals surface area contributed by atoms with E-state index in [4.69, 9.17) is 11.6 Å². The lowest BCUT2D eigenvalue weighted by Crippen LogP contribution is -2.40. The fraction of sp³-hybridized carbons (Fsp3) is 0.269. The third-order valence-electron chi connectivity index (χ3n) is 5.59. The van der Waals surface area contributed by atoms with Crippen LogP contribution >= 0.6 is 11.6 Å². The van der Waals surface area contributed by atoms with E-state index in [1.54, 1.807) is 13.0 Å². The Hall–Kier alpha value is -2.78. The molecule has 0 heterocycles. The largest absolute Gasteiger partial charge is 0.391 e. The van der Waals surface area contributed by atoms with Gasteiger partial charge in [-0.3, -0.25) is 0 Å². The van der Waals surface area contributed by atoms with Gasteiger partial charge in [0.05, 0.1) is 23.8 Å². The Kier molecular flexibility index (Phi) is 7.98. The van der Waals surface area contributed by atoms with Crippen molar-refractivity contribution in [2.45, 2.75) is 44.4 Å². The normalized spacial score (nSPS) is 14.9. The van der Waals surface area contributed by atoms with Crippen molar-refractivity contribution in [2.75, 3.05) is 0 Å². The molecule has 0 aromatic heterocycles. The second-order valence-corrected chi connectivity index (χ2v) is 8.49. The number of nitrogens with one attached hydrogen (secondary N) is 1. The molecule has 3 rings (SSSR count). The van der Waals surface area contributed by atoms with Crippen molar-refractivity contribution < 1.29 is 13.9 Å². The van der Waals surface area contributed by atoms with Gasteiger partial charge in [-0.15, -0.1) is 0 Å². The van der Waals surface area contributed by atoms with Gasteiger partial charge in [-0.05, 0) is 73.4 Å². The Balaban J connectivity index is 1.94. The van der Waals surface area contributed by atoms with Crippen LogP contribution in [0.5, 0.6) is 0 Å². The molecule has 166 valence electrons. The van der Waals surface area contributed by atoms with Crippen LogP contribution in [0.1, 0.15) is 48.1 Å². The molecule has 2 unspecified atom stereocenters. The van der Waals surface area contributed by atoms with E-state index in [1.807, 2.05) is 49.4 Å². The SMILES string of the molecule is C[C@H](O)C(N[C@@H](C)C(Cc1ccc(Cl)cc1)c1cccc(C#N)c1)c1cc(F)cc(F)c1. The zero-order chi connectivity index (χ0) is 23.3. The number of hydrogen-bond acceptors (Lipinski definition) is 3. The Morgan fingerprint density at radius 1 is 0.969 bits per heavy atom. The summed E-state index contributed by atoms with van der Waals surface area (Å²) >= 11 is 6.03. The predicted molar refractivity (Wildman–Crippen MR) is 122 cm³/mol. The smallest absolute Gasteiger partial charge is 0.126 e.